The molecule has 0 amide bonds. The molecule has 0 aliphatic heterocycles. The van der Waals surface area contributed by atoms with E-state index in [1.165, 1.54) is 0 Å². The van der Waals surface area contributed by atoms with Crippen LogP contribution in [0, 0.1) is 0 Å². The summed E-state index contributed by atoms with van der Waals surface area (Å²) >= 11 is 0. The van der Waals surface area contributed by atoms with Crippen LogP contribution in [0.2, 0.25) is 0 Å². The van der Waals surface area contributed by atoms with E-state index >= 15 is 0 Å². The first-order valence-corrected chi connectivity index (χ1v) is 20.1. The minimum Gasteiger partial charge on any atom is -0.256 e. The molecule has 0 fully saturated rings. The van der Waals surface area contributed by atoms with Crippen molar-refractivity contribution in [1.29, 1.82) is 0 Å². The summed E-state index contributed by atoms with van der Waals surface area (Å²) in [5, 5.41) is 0. The Morgan fingerprint density at radius 2 is 0.583 bits per heavy atom. The Kier molecular flexibility index (Phi) is 9.92. The predicted octanol–water partition coefficient (Wildman–Crippen LogP) is 14.3. The zero-order chi connectivity index (χ0) is 40.1. The van der Waals surface area contributed by atoms with Gasteiger partial charge >= 0.3 is 0 Å². The highest BCUT2D eigenvalue weighted by Crippen LogP contribution is 2.39. The number of nitrogens with zero attached hydrogens (tertiary/aromatic N) is 4. The van der Waals surface area contributed by atoms with Crippen LogP contribution in [0.5, 0.6) is 0 Å². The highest BCUT2D eigenvalue weighted by atomic mass is 14.9. The van der Waals surface area contributed by atoms with Crippen molar-refractivity contribution in [2.75, 3.05) is 0 Å². The van der Waals surface area contributed by atoms with Gasteiger partial charge in [-0.15, -0.1) is 0 Å². The lowest BCUT2D eigenvalue weighted by Gasteiger charge is -2.16. The number of hydrogen-bond donors (Lipinski definition) is 0. The first-order valence-electron chi connectivity index (χ1n) is 20.1. The van der Waals surface area contributed by atoms with Gasteiger partial charge in [0.25, 0.3) is 0 Å². The number of aromatic nitrogens is 4. The Labute approximate surface area is 350 Å². The summed E-state index contributed by atoms with van der Waals surface area (Å²) < 4.78 is 0. The molecule has 0 N–H and O–H groups in total. The first-order chi connectivity index (χ1) is 29.7. The fourth-order valence-electron chi connectivity index (χ4n) is 7.83. The molecular weight excluding hydrogens is 729 g/mol. The summed E-state index contributed by atoms with van der Waals surface area (Å²) in [5.41, 5.74) is 17.5. The van der Waals surface area contributed by atoms with Gasteiger partial charge in [0, 0.05) is 40.2 Å². The number of rotatable bonds is 9. The van der Waals surface area contributed by atoms with Gasteiger partial charge in [-0.1, -0.05) is 170 Å². The maximum atomic E-state index is 5.44. The minimum absolute atomic E-state index is 0.645. The molecule has 7 aromatic carbocycles. The summed E-state index contributed by atoms with van der Waals surface area (Å²) in [4.78, 5) is 20.0. The van der Waals surface area contributed by atoms with Crippen LogP contribution in [-0.2, 0) is 0 Å². The number of pyridine rings is 2. The lowest BCUT2D eigenvalue weighted by Crippen LogP contribution is -1.98. The quantitative estimate of drug-likeness (QED) is 0.147. The minimum atomic E-state index is 0.645. The fourth-order valence-corrected chi connectivity index (χ4v) is 7.83. The summed E-state index contributed by atoms with van der Waals surface area (Å²) in [7, 11) is 0. The van der Waals surface area contributed by atoms with Crippen molar-refractivity contribution in [3.8, 4) is 101 Å². The normalized spacial score (nSPS) is 11.0. The van der Waals surface area contributed by atoms with Crippen LogP contribution < -0.4 is 0 Å². The van der Waals surface area contributed by atoms with Crippen molar-refractivity contribution < 1.29 is 0 Å². The van der Waals surface area contributed by atoms with Crippen LogP contribution >= 0.6 is 0 Å². The predicted molar refractivity (Wildman–Crippen MR) is 247 cm³/mol. The van der Waals surface area contributed by atoms with Gasteiger partial charge in [-0.2, -0.15) is 0 Å². The molecule has 282 valence electrons. The van der Waals surface area contributed by atoms with E-state index in [1.807, 2.05) is 48.8 Å². The van der Waals surface area contributed by atoms with E-state index in [4.69, 9.17) is 9.97 Å². The number of hydrogen-bond acceptors (Lipinski definition) is 4. The third kappa shape index (κ3) is 7.53. The van der Waals surface area contributed by atoms with E-state index in [9.17, 15) is 0 Å². The van der Waals surface area contributed by atoms with Crippen LogP contribution in [0.4, 0.5) is 0 Å². The second-order valence-corrected chi connectivity index (χ2v) is 14.7. The zero-order valence-corrected chi connectivity index (χ0v) is 32.7. The van der Waals surface area contributed by atoms with Gasteiger partial charge < -0.3 is 0 Å². The molecule has 0 bridgehead atoms. The molecule has 0 aliphatic carbocycles. The molecule has 10 rings (SSSR count). The molecule has 3 aromatic heterocycles. The van der Waals surface area contributed by atoms with Crippen LogP contribution in [0.15, 0.2) is 231 Å². The summed E-state index contributed by atoms with van der Waals surface area (Å²) in [5.74, 6) is 0.645. The third-order valence-electron chi connectivity index (χ3n) is 10.9. The van der Waals surface area contributed by atoms with Crippen molar-refractivity contribution in [2.24, 2.45) is 0 Å². The van der Waals surface area contributed by atoms with Gasteiger partial charge in [-0.05, 0) is 93.0 Å². The van der Waals surface area contributed by atoms with Crippen molar-refractivity contribution in [3.05, 3.63) is 231 Å². The van der Waals surface area contributed by atoms with Gasteiger partial charge in [0.1, 0.15) is 0 Å². The monoisotopic (exact) mass is 766 g/mol. The molecule has 0 aliphatic rings. The first kappa shape index (κ1) is 36.3. The molecule has 10 aromatic rings. The summed E-state index contributed by atoms with van der Waals surface area (Å²) in [6.07, 6.45) is 3.66. The maximum absolute atomic E-state index is 5.44. The Morgan fingerprint density at radius 3 is 1.00 bits per heavy atom. The molecule has 0 spiro atoms. The van der Waals surface area contributed by atoms with Crippen molar-refractivity contribution in [2.45, 2.75) is 0 Å². The second-order valence-electron chi connectivity index (χ2n) is 14.7. The van der Waals surface area contributed by atoms with E-state index in [1.54, 1.807) is 0 Å². The molecule has 60 heavy (non-hydrogen) atoms. The summed E-state index contributed by atoms with van der Waals surface area (Å²) in [6.45, 7) is 0. The van der Waals surface area contributed by atoms with Crippen LogP contribution in [0.25, 0.3) is 101 Å². The van der Waals surface area contributed by atoms with Crippen LogP contribution in [0.1, 0.15) is 0 Å². The van der Waals surface area contributed by atoms with Crippen LogP contribution in [0.3, 0.4) is 0 Å². The Morgan fingerprint density at radius 1 is 0.217 bits per heavy atom. The van der Waals surface area contributed by atoms with Crippen molar-refractivity contribution >= 4 is 0 Å². The largest absolute Gasteiger partial charge is 0.256 e. The van der Waals surface area contributed by atoms with Crippen molar-refractivity contribution in [3.63, 3.8) is 0 Å². The SMILES string of the molecule is c1ccc(-c2ccccc2-c2cc(-c3ccccc3-c3ccccc3)nc(-c3cc(-c4ccc(-c5ccccn5)cc4)cc(-c4ccc(-c5ccccn5)cc4)c3)n2)cc1. The third-order valence-corrected chi connectivity index (χ3v) is 10.9. The molecule has 0 radical (unpaired) electrons. The van der Waals surface area contributed by atoms with E-state index in [-0.39, 0.29) is 0 Å². The topological polar surface area (TPSA) is 51.6 Å². The zero-order valence-electron chi connectivity index (χ0n) is 32.7. The smallest absolute Gasteiger partial charge is 0.160 e. The molecule has 4 nitrogen and oxygen atoms in total. The van der Waals surface area contributed by atoms with Crippen molar-refractivity contribution in [1.82, 2.24) is 19.9 Å². The summed E-state index contributed by atoms with van der Waals surface area (Å²) in [6, 6.07) is 76.2. The molecule has 0 atom stereocenters. The van der Waals surface area contributed by atoms with Crippen LogP contribution in [-0.4, -0.2) is 19.9 Å². The van der Waals surface area contributed by atoms with Gasteiger partial charge in [0.05, 0.1) is 22.8 Å². The molecule has 0 saturated carbocycles. The fraction of sp³-hybridized carbons (Fsp3) is 0. The standard InChI is InChI=1S/C56H38N4/c1-3-15-41(16-4-1)48-19-7-9-21-50(48)54-38-55(51-22-10-8-20-49(51)42-17-5-2-6-18-42)60-56(59-54)47-36-45(39-25-29-43(30-26-39)52-23-11-13-33-57-52)35-46(37-47)40-27-31-44(32-28-40)53-24-12-14-34-58-53/h1-38H. The maximum Gasteiger partial charge on any atom is 0.160 e. The molecule has 3 heterocycles. The Hall–Kier alpha value is -8.08. The average molecular weight is 767 g/mol. The van der Waals surface area contributed by atoms with Gasteiger partial charge in [-0.25, -0.2) is 9.97 Å². The lowest BCUT2D eigenvalue weighted by molar-refractivity contribution is 1.18. The molecule has 0 unspecified atom stereocenters. The molecule has 4 heteroatoms. The lowest BCUT2D eigenvalue weighted by atomic mass is 9.93. The molecular formula is C56H38N4. The van der Waals surface area contributed by atoms with E-state index in [0.29, 0.717) is 5.82 Å². The Bertz CT molecular complexity index is 2840. The van der Waals surface area contributed by atoms with E-state index < -0.39 is 0 Å². The second kappa shape index (κ2) is 16.4. The number of benzene rings is 7. The van der Waals surface area contributed by atoms with E-state index in [2.05, 4.69) is 192 Å². The highest BCUT2D eigenvalue weighted by Gasteiger charge is 2.18. The van der Waals surface area contributed by atoms with Gasteiger partial charge in [-0.3, -0.25) is 9.97 Å². The highest BCUT2D eigenvalue weighted by molar-refractivity contribution is 5.88. The van der Waals surface area contributed by atoms with Gasteiger partial charge in [0.2, 0.25) is 0 Å². The van der Waals surface area contributed by atoms with Gasteiger partial charge in [0.15, 0.2) is 5.82 Å². The average Bonchev–Trinajstić information content (AvgIpc) is 3.35. The van der Waals surface area contributed by atoms with E-state index in [0.717, 1.165) is 95.1 Å². The molecule has 0 saturated heterocycles. The Balaban J connectivity index is 1.18.